The Kier molecular flexibility index (Phi) is 8.55. The smallest absolute Gasteiger partial charge is 0.204 e. The highest BCUT2D eigenvalue weighted by atomic mass is 16.6. The molecule has 5 N–H and O–H groups in total. The zero-order valence-corrected chi connectivity index (χ0v) is 17.1. The maximum atomic E-state index is 10.7. The third-order valence-corrected chi connectivity index (χ3v) is 4.55. The number of phenolic OH excluding ortho intramolecular Hbond substituents is 1. The van der Waals surface area contributed by atoms with Crippen molar-refractivity contribution in [2.75, 3.05) is 34.5 Å². The molecule has 9 nitrogen and oxygen atoms in total. The average Bonchev–Trinajstić information content (AvgIpc) is 2.77. The highest BCUT2D eigenvalue weighted by Crippen LogP contribution is 2.41. The van der Waals surface area contributed by atoms with Gasteiger partial charge in [0.1, 0.15) is 6.10 Å². The monoisotopic (exact) mass is 424 g/mol. The second-order valence-electron chi connectivity index (χ2n) is 6.58. The van der Waals surface area contributed by atoms with E-state index in [1.165, 1.54) is 39.5 Å². The number of hydrogen-bond donors (Lipinski definition) is 5. The van der Waals surface area contributed by atoms with Crippen molar-refractivity contribution in [1.82, 2.24) is 0 Å². The van der Waals surface area contributed by atoms with Gasteiger partial charge in [0.2, 0.25) is 5.75 Å². The van der Waals surface area contributed by atoms with Gasteiger partial charge >= 0.3 is 0 Å². The van der Waals surface area contributed by atoms with E-state index in [4.69, 9.17) is 24.1 Å². The SMILES string of the molecule is COc1cc([C@H](O)[C@@H](CO)Oc2c(OC)cc(CC(O)CO)cc2OC)ccc1O. The van der Waals surface area contributed by atoms with Gasteiger partial charge in [0.25, 0.3) is 0 Å². The van der Waals surface area contributed by atoms with Crippen molar-refractivity contribution in [2.24, 2.45) is 0 Å². The van der Waals surface area contributed by atoms with Gasteiger partial charge in [-0.25, -0.2) is 0 Å². The van der Waals surface area contributed by atoms with Gasteiger partial charge in [0.05, 0.1) is 40.6 Å². The first kappa shape index (κ1) is 23.6. The van der Waals surface area contributed by atoms with Crippen LogP contribution < -0.4 is 18.9 Å². The minimum Gasteiger partial charge on any atom is -0.504 e. The maximum Gasteiger partial charge on any atom is 0.204 e. The Balaban J connectivity index is 2.35. The van der Waals surface area contributed by atoms with Crippen LogP contribution in [-0.4, -0.2) is 72.3 Å². The summed E-state index contributed by atoms with van der Waals surface area (Å²) >= 11 is 0. The minimum absolute atomic E-state index is 0.0843. The number of rotatable bonds is 11. The van der Waals surface area contributed by atoms with Crippen LogP contribution in [0.25, 0.3) is 0 Å². The zero-order chi connectivity index (χ0) is 22.3. The Hall–Kier alpha value is -2.72. The molecule has 0 spiro atoms. The highest BCUT2D eigenvalue weighted by molar-refractivity contribution is 5.54. The lowest BCUT2D eigenvalue weighted by atomic mass is 10.0. The number of aliphatic hydroxyl groups is 4. The topological polar surface area (TPSA) is 138 Å². The molecule has 0 fully saturated rings. The van der Waals surface area contributed by atoms with Gasteiger partial charge in [0, 0.05) is 6.42 Å². The Morgan fingerprint density at radius 1 is 0.833 bits per heavy atom. The summed E-state index contributed by atoms with van der Waals surface area (Å²) in [6.45, 7) is -0.917. The van der Waals surface area contributed by atoms with E-state index in [1.54, 1.807) is 12.1 Å². The molecule has 0 aromatic heterocycles. The Morgan fingerprint density at radius 2 is 1.43 bits per heavy atom. The van der Waals surface area contributed by atoms with Gasteiger partial charge in [-0.3, -0.25) is 0 Å². The fourth-order valence-electron chi connectivity index (χ4n) is 2.95. The average molecular weight is 424 g/mol. The second-order valence-corrected chi connectivity index (χ2v) is 6.58. The molecule has 0 amide bonds. The number of methoxy groups -OCH3 is 3. The Labute approximate surface area is 174 Å². The molecule has 0 bridgehead atoms. The fraction of sp³-hybridized carbons (Fsp3) is 0.429. The molecule has 166 valence electrons. The van der Waals surface area contributed by atoms with E-state index in [-0.39, 0.29) is 35.2 Å². The molecule has 0 aliphatic heterocycles. The molecular weight excluding hydrogens is 396 g/mol. The molecule has 0 radical (unpaired) electrons. The summed E-state index contributed by atoms with van der Waals surface area (Å²) < 4.78 is 21.6. The van der Waals surface area contributed by atoms with E-state index >= 15 is 0 Å². The van der Waals surface area contributed by atoms with Gasteiger partial charge in [-0.2, -0.15) is 0 Å². The summed E-state index contributed by atoms with van der Waals surface area (Å²) in [5.74, 6) is 0.780. The molecule has 2 aromatic rings. The molecular formula is C21H28O9. The number of aliphatic hydroxyl groups excluding tert-OH is 4. The molecule has 0 saturated carbocycles. The first-order valence-electron chi connectivity index (χ1n) is 9.24. The van der Waals surface area contributed by atoms with E-state index in [0.717, 1.165) is 0 Å². The second kappa shape index (κ2) is 10.9. The molecule has 3 atom stereocenters. The van der Waals surface area contributed by atoms with E-state index in [2.05, 4.69) is 0 Å². The number of benzene rings is 2. The molecule has 0 saturated heterocycles. The standard InChI is InChI=1S/C21H28O9/c1-27-16-9-13(4-5-15(16)25)20(26)19(11-23)30-21-17(28-2)7-12(6-14(24)10-22)8-18(21)29-3/h4-5,7-9,14,19-20,22-26H,6,10-11H2,1-3H3/t14?,19-,20+/m1/s1. The first-order chi connectivity index (χ1) is 14.4. The molecule has 0 aliphatic rings. The van der Waals surface area contributed by atoms with Crippen LogP contribution in [0.1, 0.15) is 17.2 Å². The van der Waals surface area contributed by atoms with Crippen LogP contribution >= 0.6 is 0 Å². The van der Waals surface area contributed by atoms with Crippen LogP contribution in [0.4, 0.5) is 0 Å². The number of phenols is 1. The summed E-state index contributed by atoms with van der Waals surface area (Å²) in [4.78, 5) is 0. The minimum atomic E-state index is -1.25. The summed E-state index contributed by atoms with van der Waals surface area (Å²) in [5, 5.41) is 49.0. The molecule has 2 rings (SSSR count). The summed E-state index contributed by atoms with van der Waals surface area (Å²) in [5.41, 5.74) is 1.01. The van der Waals surface area contributed by atoms with Crippen LogP contribution in [0.15, 0.2) is 30.3 Å². The van der Waals surface area contributed by atoms with Gasteiger partial charge < -0.3 is 44.5 Å². The third kappa shape index (κ3) is 5.45. The Bertz CT molecular complexity index is 799. The normalized spacial score (nSPS) is 14.0. The van der Waals surface area contributed by atoms with E-state index in [0.29, 0.717) is 11.1 Å². The molecule has 0 aliphatic carbocycles. The van der Waals surface area contributed by atoms with Crippen molar-refractivity contribution < 1.29 is 44.5 Å². The summed E-state index contributed by atoms with van der Waals surface area (Å²) in [6, 6.07) is 7.53. The van der Waals surface area contributed by atoms with Crippen LogP contribution in [-0.2, 0) is 6.42 Å². The van der Waals surface area contributed by atoms with Crippen molar-refractivity contribution in [3.63, 3.8) is 0 Å². The predicted octanol–water partition coefficient (Wildman–Crippen LogP) is 0.787. The number of ether oxygens (including phenoxy) is 4. The van der Waals surface area contributed by atoms with Gasteiger partial charge in [-0.1, -0.05) is 6.07 Å². The quantitative estimate of drug-likeness (QED) is 0.354. The van der Waals surface area contributed by atoms with Crippen LogP contribution in [0.3, 0.4) is 0 Å². The van der Waals surface area contributed by atoms with E-state index in [1.807, 2.05) is 0 Å². The van der Waals surface area contributed by atoms with Crippen LogP contribution in [0.5, 0.6) is 28.7 Å². The zero-order valence-electron chi connectivity index (χ0n) is 17.1. The molecule has 30 heavy (non-hydrogen) atoms. The summed E-state index contributed by atoms with van der Waals surface area (Å²) in [6.07, 6.45) is -3.11. The van der Waals surface area contributed by atoms with E-state index < -0.39 is 31.5 Å². The first-order valence-corrected chi connectivity index (χ1v) is 9.24. The van der Waals surface area contributed by atoms with Crippen molar-refractivity contribution >= 4 is 0 Å². The van der Waals surface area contributed by atoms with E-state index in [9.17, 15) is 20.4 Å². The molecule has 0 heterocycles. The lowest BCUT2D eigenvalue weighted by Gasteiger charge is -2.25. The maximum absolute atomic E-state index is 10.7. The molecule has 2 aromatic carbocycles. The van der Waals surface area contributed by atoms with Gasteiger partial charge in [-0.05, 0) is 35.4 Å². The van der Waals surface area contributed by atoms with Crippen molar-refractivity contribution in [3.05, 3.63) is 41.5 Å². The largest absolute Gasteiger partial charge is 0.504 e. The van der Waals surface area contributed by atoms with Gasteiger partial charge in [0.15, 0.2) is 29.1 Å². The molecule has 9 heteroatoms. The van der Waals surface area contributed by atoms with Crippen LogP contribution in [0, 0.1) is 0 Å². The third-order valence-electron chi connectivity index (χ3n) is 4.55. The predicted molar refractivity (Wildman–Crippen MR) is 107 cm³/mol. The fourth-order valence-corrected chi connectivity index (χ4v) is 2.95. The lowest BCUT2D eigenvalue weighted by molar-refractivity contribution is -0.00177. The summed E-state index contributed by atoms with van der Waals surface area (Å²) in [7, 11) is 4.22. The van der Waals surface area contributed by atoms with Crippen molar-refractivity contribution in [3.8, 4) is 28.7 Å². The van der Waals surface area contributed by atoms with Crippen molar-refractivity contribution in [2.45, 2.75) is 24.7 Å². The number of aromatic hydroxyl groups is 1. The lowest BCUT2D eigenvalue weighted by Crippen LogP contribution is -2.29. The van der Waals surface area contributed by atoms with Crippen molar-refractivity contribution in [1.29, 1.82) is 0 Å². The Morgan fingerprint density at radius 3 is 1.93 bits per heavy atom. The number of hydrogen-bond acceptors (Lipinski definition) is 9. The van der Waals surface area contributed by atoms with Gasteiger partial charge in [-0.15, -0.1) is 0 Å². The highest BCUT2D eigenvalue weighted by Gasteiger charge is 2.27. The molecule has 1 unspecified atom stereocenters. The van der Waals surface area contributed by atoms with Crippen LogP contribution in [0.2, 0.25) is 0 Å².